The minimum Gasteiger partial charge on any atom is -0.481 e. The number of rotatable bonds is 5. The van der Waals surface area contributed by atoms with Gasteiger partial charge in [-0.25, -0.2) is 0 Å². The molecule has 4 atom stereocenters. The van der Waals surface area contributed by atoms with Crippen LogP contribution in [-0.4, -0.2) is 30.1 Å². The second-order valence-electron chi connectivity index (χ2n) is 6.89. The van der Waals surface area contributed by atoms with Crippen molar-refractivity contribution < 1.29 is 19.4 Å². The second kappa shape index (κ2) is 7.79. The van der Waals surface area contributed by atoms with Gasteiger partial charge in [0.05, 0.1) is 12.0 Å². The Morgan fingerprint density at radius 2 is 1.88 bits per heavy atom. The number of hydrogen-bond acceptors (Lipinski definition) is 3. The van der Waals surface area contributed by atoms with Crippen molar-refractivity contribution in [2.75, 3.05) is 13.2 Å². The lowest BCUT2D eigenvalue weighted by Crippen LogP contribution is -2.37. The molecule has 2 fully saturated rings. The van der Waals surface area contributed by atoms with E-state index in [4.69, 9.17) is 9.84 Å². The number of amides is 1. The first kappa shape index (κ1) is 17.0. The molecule has 1 amide bonds. The van der Waals surface area contributed by atoms with Crippen LogP contribution in [0.4, 0.5) is 0 Å². The number of nitrogens with one attached hydrogen (secondary N) is 1. The average Bonchev–Trinajstić information content (AvgIpc) is 3.11. The monoisotopic (exact) mass is 331 g/mol. The van der Waals surface area contributed by atoms with E-state index in [2.05, 4.69) is 17.4 Å². The van der Waals surface area contributed by atoms with Gasteiger partial charge in [0.1, 0.15) is 0 Å². The summed E-state index contributed by atoms with van der Waals surface area (Å²) in [6.45, 7) is 1.35. The third-order valence-corrected chi connectivity index (χ3v) is 5.26. The number of ether oxygens (including phenoxy) is 1. The van der Waals surface area contributed by atoms with Gasteiger partial charge in [0.15, 0.2) is 0 Å². The number of carbonyl (C=O) groups is 2. The molecule has 1 saturated heterocycles. The van der Waals surface area contributed by atoms with Gasteiger partial charge in [0.25, 0.3) is 0 Å². The summed E-state index contributed by atoms with van der Waals surface area (Å²) >= 11 is 0. The molecule has 2 unspecified atom stereocenters. The van der Waals surface area contributed by atoms with Crippen molar-refractivity contribution in [2.45, 2.75) is 38.2 Å². The first-order valence-corrected chi connectivity index (χ1v) is 8.82. The van der Waals surface area contributed by atoms with Crippen LogP contribution in [0.25, 0.3) is 0 Å². The van der Waals surface area contributed by atoms with Crippen molar-refractivity contribution in [3.8, 4) is 0 Å². The van der Waals surface area contributed by atoms with Crippen molar-refractivity contribution in [1.29, 1.82) is 0 Å². The van der Waals surface area contributed by atoms with Gasteiger partial charge in [-0.2, -0.15) is 0 Å². The van der Waals surface area contributed by atoms with Gasteiger partial charge in [-0.15, -0.1) is 0 Å². The maximum Gasteiger partial charge on any atom is 0.306 e. The van der Waals surface area contributed by atoms with Gasteiger partial charge < -0.3 is 15.2 Å². The number of benzene rings is 1. The molecular weight excluding hydrogens is 306 g/mol. The zero-order valence-corrected chi connectivity index (χ0v) is 13.8. The third-order valence-electron chi connectivity index (χ3n) is 5.26. The lowest BCUT2D eigenvalue weighted by atomic mass is 9.89. The average molecular weight is 331 g/mol. The molecule has 5 nitrogen and oxygen atoms in total. The summed E-state index contributed by atoms with van der Waals surface area (Å²) in [7, 11) is 0. The van der Waals surface area contributed by atoms with E-state index in [0.717, 1.165) is 25.0 Å². The molecule has 0 radical (unpaired) electrons. The van der Waals surface area contributed by atoms with E-state index >= 15 is 0 Å². The molecule has 5 heteroatoms. The summed E-state index contributed by atoms with van der Waals surface area (Å²) in [4.78, 5) is 23.4. The van der Waals surface area contributed by atoms with Crippen LogP contribution in [0.2, 0.25) is 0 Å². The van der Waals surface area contributed by atoms with Crippen LogP contribution >= 0.6 is 0 Å². The van der Waals surface area contributed by atoms with E-state index in [1.807, 2.05) is 18.2 Å². The van der Waals surface area contributed by atoms with Crippen LogP contribution < -0.4 is 5.32 Å². The minimum absolute atomic E-state index is 0.00358. The van der Waals surface area contributed by atoms with Crippen LogP contribution in [0.5, 0.6) is 0 Å². The molecule has 1 aromatic carbocycles. The van der Waals surface area contributed by atoms with Crippen LogP contribution in [-0.2, 0) is 14.3 Å². The van der Waals surface area contributed by atoms with Crippen LogP contribution in [0.1, 0.15) is 43.8 Å². The molecule has 3 rings (SSSR count). The first-order valence-electron chi connectivity index (χ1n) is 8.82. The van der Waals surface area contributed by atoms with Crippen molar-refractivity contribution in [1.82, 2.24) is 5.32 Å². The lowest BCUT2D eigenvalue weighted by molar-refractivity contribution is -0.141. The Bertz CT molecular complexity index is 574. The van der Waals surface area contributed by atoms with Crippen molar-refractivity contribution in [3.63, 3.8) is 0 Å². The van der Waals surface area contributed by atoms with Crippen LogP contribution in [0.3, 0.4) is 0 Å². The normalized spacial score (nSPS) is 30.0. The van der Waals surface area contributed by atoms with E-state index in [1.165, 1.54) is 0 Å². The van der Waals surface area contributed by atoms with Crippen LogP contribution in [0, 0.1) is 17.8 Å². The van der Waals surface area contributed by atoms with Crippen molar-refractivity contribution in [2.24, 2.45) is 17.8 Å². The number of carbonyl (C=O) groups excluding carboxylic acids is 1. The summed E-state index contributed by atoms with van der Waals surface area (Å²) in [5.74, 6) is -1.05. The van der Waals surface area contributed by atoms with E-state index < -0.39 is 5.97 Å². The standard InChI is InChI=1S/C19H25NO4/c21-18(14-8-9-15(11-14)19(22)23)20-12-16-7-4-10-24-17(16)13-5-2-1-3-6-13/h1-3,5-6,14-17H,4,7-12H2,(H,20,21)(H,22,23)/t14-,15+,16?,17?/m0/s1. The summed E-state index contributed by atoms with van der Waals surface area (Å²) in [5, 5.41) is 12.1. The first-order chi connectivity index (χ1) is 11.6. The van der Waals surface area contributed by atoms with Crippen molar-refractivity contribution in [3.05, 3.63) is 35.9 Å². The molecule has 24 heavy (non-hydrogen) atoms. The van der Waals surface area contributed by atoms with E-state index in [-0.39, 0.29) is 29.8 Å². The molecular formula is C19H25NO4. The highest BCUT2D eigenvalue weighted by molar-refractivity contribution is 5.80. The Morgan fingerprint density at radius 3 is 2.58 bits per heavy atom. The Morgan fingerprint density at radius 1 is 1.12 bits per heavy atom. The molecule has 2 aliphatic rings. The molecule has 1 aliphatic heterocycles. The Labute approximate surface area is 142 Å². The molecule has 2 N–H and O–H groups in total. The molecule has 1 heterocycles. The SMILES string of the molecule is O=C(O)[C@@H]1CC[C@H](C(=O)NCC2CCCOC2c2ccccc2)C1. The van der Waals surface area contributed by atoms with E-state index in [1.54, 1.807) is 0 Å². The summed E-state index contributed by atoms with van der Waals surface area (Å²) < 4.78 is 5.95. The highest BCUT2D eigenvalue weighted by Crippen LogP contribution is 2.34. The fourth-order valence-electron chi connectivity index (χ4n) is 3.88. The van der Waals surface area contributed by atoms with Gasteiger partial charge in [-0.05, 0) is 37.7 Å². The zero-order chi connectivity index (χ0) is 16.9. The van der Waals surface area contributed by atoms with E-state index in [9.17, 15) is 9.59 Å². The number of hydrogen-bond donors (Lipinski definition) is 2. The minimum atomic E-state index is -0.782. The highest BCUT2D eigenvalue weighted by atomic mass is 16.5. The second-order valence-corrected chi connectivity index (χ2v) is 6.89. The van der Waals surface area contributed by atoms with Gasteiger partial charge in [0, 0.05) is 25.0 Å². The van der Waals surface area contributed by atoms with Crippen LogP contribution in [0.15, 0.2) is 30.3 Å². The summed E-state index contributed by atoms with van der Waals surface area (Å²) in [6, 6.07) is 10.1. The fourth-order valence-corrected chi connectivity index (χ4v) is 3.88. The highest BCUT2D eigenvalue weighted by Gasteiger charge is 2.34. The number of carboxylic acids is 1. The summed E-state index contributed by atoms with van der Waals surface area (Å²) in [6.07, 6.45) is 3.80. The van der Waals surface area contributed by atoms with Crippen molar-refractivity contribution >= 4 is 11.9 Å². The molecule has 1 aromatic rings. The Balaban J connectivity index is 1.54. The smallest absolute Gasteiger partial charge is 0.306 e. The van der Waals surface area contributed by atoms with Gasteiger partial charge in [-0.1, -0.05) is 30.3 Å². The predicted molar refractivity (Wildman–Crippen MR) is 89.3 cm³/mol. The maximum absolute atomic E-state index is 12.4. The number of carboxylic acid groups (broad SMARTS) is 1. The number of aliphatic carboxylic acids is 1. The maximum atomic E-state index is 12.4. The lowest BCUT2D eigenvalue weighted by Gasteiger charge is -2.32. The summed E-state index contributed by atoms with van der Waals surface area (Å²) in [5.41, 5.74) is 1.16. The quantitative estimate of drug-likeness (QED) is 0.870. The largest absolute Gasteiger partial charge is 0.481 e. The zero-order valence-electron chi connectivity index (χ0n) is 13.8. The Kier molecular flexibility index (Phi) is 5.51. The Hall–Kier alpha value is -1.88. The van der Waals surface area contributed by atoms with Gasteiger partial charge in [0.2, 0.25) is 5.91 Å². The predicted octanol–water partition coefficient (Wildman–Crippen LogP) is 2.77. The molecule has 0 aromatic heterocycles. The molecule has 0 bridgehead atoms. The molecule has 0 spiro atoms. The van der Waals surface area contributed by atoms with Gasteiger partial charge in [-0.3, -0.25) is 9.59 Å². The van der Waals surface area contributed by atoms with E-state index in [0.29, 0.717) is 25.8 Å². The molecule has 130 valence electrons. The fraction of sp³-hybridized carbons (Fsp3) is 0.579. The molecule has 1 saturated carbocycles. The topological polar surface area (TPSA) is 75.6 Å². The molecule has 1 aliphatic carbocycles. The third kappa shape index (κ3) is 3.96. The van der Waals surface area contributed by atoms with Gasteiger partial charge >= 0.3 is 5.97 Å².